The summed E-state index contributed by atoms with van der Waals surface area (Å²) in [6, 6.07) is 0. The Labute approximate surface area is 151 Å². The molecule has 0 spiro atoms. The van der Waals surface area contributed by atoms with E-state index in [4.69, 9.17) is 5.11 Å². The Hall–Kier alpha value is -1.17. The zero-order valence-electron chi connectivity index (χ0n) is 15.3. The first-order chi connectivity index (χ1) is 12.0. The molecule has 1 fully saturated rings. The second-order valence-corrected chi connectivity index (χ2v) is 7.05. The minimum absolute atomic E-state index is 0.0650. The summed E-state index contributed by atoms with van der Waals surface area (Å²) in [5.74, 6) is -1.00. The number of aliphatic carboxylic acids is 1. The van der Waals surface area contributed by atoms with Crippen LogP contribution >= 0.6 is 0 Å². The van der Waals surface area contributed by atoms with E-state index in [1.807, 2.05) is 18.2 Å². The van der Waals surface area contributed by atoms with Crippen LogP contribution in [0, 0.1) is 11.8 Å². The van der Waals surface area contributed by atoms with Crippen LogP contribution in [0.4, 0.5) is 0 Å². The summed E-state index contributed by atoms with van der Waals surface area (Å²) in [5.41, 5.74) is 0. The summed E-state index contributed by atoms with van der Waals surface area (Å²) < 4.78 is 0. The Balaban J connectivity index is 2.46. The van der Waals surface area contributed by atoms with Gasteiger partial charge in [0.15, 0.2) is 0 Å². The number of rotatable bonds is 12. The van der Waals surface area contributed by atoms with E-state index >= 15 is 0 Å². The van der Waals surface area contributed by atoms with E-state index in [0.717, 1.165) is 25.7 Å². The van der Waals surface area contributed by atoms with Gasteiger partial charge in [0, 0.05) is 18.8 Å². The quantitative estimate of drug-likeness (QED) is 0.319. The van der Waals surface area contributed by atoms with E-state index in [2.05, 4.69) is 6.92 Å². The van der Waals surface area contributed by atoms with Gasteiger partial charge in [-0.15, -0.1) is 0 Å². The van der Waals surface area contributed by atoms with Gasteiger partial charge in [0.2, 0.25) is 0 Å². The van der Waals surface area contributed by atoms with E-state index < -0.39 is 24.3 Å². The lowest BCUT2D eigenvalue weighted by Crippen LogP contribution is -2.20. The fourth-order valence-electron chi connectivity index (χ4n) is 3.41. The molecule has 0 radical (unpaired) electrons. The Kier molecular flexibility index (Phi) is 10.7. The monoisotopic (exact) mass is 354 g/mol. The molecule has 0 saturated heterocycles. The molecule has 5 nitrogen and oxygen atoms in total. The van der Waals surface area contributed by atoms with Crippen LogP contribution in [-0.4, -0.2) is 44.7 Å². The first-order valence-electron chi connectivity index (χ1n) is 9.55. The van der Waals surface area contributed by atoms with Crippen LogP contribution in [0.25, 0.3) is 0 Å². The number of carboxylic acids is 1. The molecule has 5 atom stereocenters. The molecule has 1 aliphatic carbocycles. The predicted molar refractivity (Wildman–Crippen MR) is 98.1 cm³/mol. The van der Waals surface area contributed by atoms with Crippen molar-refractivity contribution in [2.45, 2.75) is 83.0 Å². The maximum Gasteiger partial charge on any atom is 0.303 e. The van der Waals surface area contributed by atoms with Crippen molar-refractivity contribution >= 4 is 5.97 Å². The third-order valence-corrected chi connectivity index (χ3v) is 4.91. The zero-order chi connectivity index (χ0) is 18.7. The van der Waals surface area contributed by atoms with Crippen LogP contribution in [0.3, 0.4) is 0 Å². The normalized spacial score (nSPS) is 28.2. The molecule has 5 heteroatoms. The minimum Gasteiger partial charge on any atom is -0.481 e. The molecule has 0 aliphatic heterocycles. The third-order valence-electron chi connectivity index (χ3n) is 4.91. The summed E-state index contributed by atoms with van der Waals surface area (Å²) >= 11 is 0. The first-order valence-corrected chi connectivity index (χ1v) is 9.55. The van der Waals surface area contributed by atoms with Crippen molar-refractivity contribution in [2.75, 3.05) is 0 Å². The van der Waals surface area contributed by atoms with Gasteiger partial charge in [-0.05, 0) is 31.6 Å². The summed E-state index contributed by atoms with van der Waals surface area (Å²) in [6.07, 6.45) is 12.3. The molecule has 0 heterocycles. The van der Waals surface area contributed by atoms with E-state index in [9.17, 15) is 20.1 Å². The smallest absolute Gasteiger partial charge is 0.303 e. The summed E-state index contributed by atoms with van der Waals surface area (Å²) in [6.45, 7) is 2.12. The molecule has 1 aliphatic rings. The molecular formula is C20H34O5. The van der Waals surface area contributed by atoms with Crippen LogP contribution < -0.4 is 0 Å². The van der Waals surface area contributed by atoms with Gasteiger partial charge in [0.05, 0.1) is 18.3 Å². The molecule has 0 aromatic rings. The van der Waals surface area contributed by atoms with Crippen molar-refractivity contribution in [1.82, 2.24) is 0 Å². The molecular weight excluding hydrogens is 320 g/mol. The van der Waals surface area contributed by atoms with Crippen LogP contribution in [0.2, 0.25) is 0 Å². The Morgan fingerprint density at radius 3 is 2.60 bits per heavy atom. The van der Waals surface area contributed by atoms with E-state index in [-0.39, 0.29) is 18.3 Å². The maximum absolute atomic E-state index is 10.5. The van der Waals surface area contributed by atoms with Crippen molar-refractivity contribution in [3.05, 3.63) is 24.3 Å². The highest BCUT2D eigenvalue weighted by Gasteiger charge is 2.39. The summed E-state index contributed by atoms with van der Waals surface area (Å²) in [4.78, 5) is 10.5. The van der Waals surface area contributed by atoms with Gasteiger partial charge >= 0.3 is 5.97 Å². The van der Waals surface area contributed by atoms with Gasteiger partial charge in [-0.1, -0.05) is 50.5 Å². The van der Waals surface area contributed by atoms with Crippen LogP contribution in [0.1, 0.15) is 64.7 Å². The topological polar surface area (TPSA) is 98.0 Å². The lowest BCUT2D eigenvalue weighted by Gasteiger charge is -2.19. The van der Waals surface area contributed by atoms with Gasteiger partial charge in [-0.25, -0.2) is 0 Å². The fraction of sp³-hybridized carbons (Fsp3) is 0.750. The number of hydrogen-bond donors (Lipinski definition) is 4. The third kappa shape index (κ3) is 8.66. The van der Waals surface area contributed by atoms with Gasteiger partial charge in [-0.2, -0.15) is 0 Å². The molecule has 0 amide bonds. The Bertz CT molecular complexity index is 432. The molecule has 144 valence electrons. The molecule has 1 rings (SSSR count). The van der Waals surface area contributed by atoms with Crippen LogP contribution in [0.15, 0.2) is 24.3 Å². The van der Waals surface area contributed by atoms with E-state index in [1.165, 1.54) is 0 Å². The Morgan fingerprint density at radius 2 is 1.92 bits per heavy atom. The van der Waals surface area contributed by atoms with Crippen LogP contribution in [0.5, 0.6) is 0 Å². The number of unbranched alkanes of at least 4 members (excludes halogenated alkanes) is 3. The average Bonchev–Trinajstić information content (AvgIpc) is 2.82. The minimum atomic E-state index is -0.787. The van der Waals surface area contributed by atoms with Crippen molar-refractivity contribution in [2.24, 2.45) is 11.8 Å². The van der Waals surface area contributed by atoms with Crippen molar-refractivity contribution in [3.63, 3.8) is 0 Å². The SMILES string of the molecule is CCCCC[C@H](O)/C=C/[C@@H]1C(C/C=C\CCCC(=O)O)C(O)C[C@@H]1O. The number of hydrogen-bond acceptors (Lipinski definition) is 4. The number of aliphatic hydroxyl groups is 3. The average molecular weight is 354 g/mol. The number of allylic oxidation sites excluding steroid dienone is 2. The van der Waals surface area contributed by atoms with Gasteiger partial charge in [0.1, 0.15) is 0 Å². The second kappa shape index (κ2) is 12.2. The van der Waals surface area contributed by atoms with Crippen molar-refractivity contribution < 1.29 is 25.2 Å². The van der Waals surface area contributed by atoms with Gasteiger partial charge < -0.3 is 20.4 Å². The number of carbonyl (C=O) groups is 1. The highest BCUT2D eigenvalue weighted by Crippen LogP contribution is 2.36. The Morgan fingerprint density at radius 1 is 1.16 bits per heavy atom. The van der Waals surface area contributed by atoms with Gasteiger partial charge in [-0.3, -0.25) is 4.79 Å². The molecule has 25 heavy (non-hydrogen) atoms. The largest absolute Gasteiger partial charge is 0.481 e. The fourth-order valence-corrected chi connectivity index (χ4v) is 3.41. The highest BCUT2D eigenvalue weighted by atomic mass is 16.4. The predicted octanol–water partition coefficient (Wildman–Crippen LogP) is 3.04. The molecule has 0 aromatic heterocycles. The van der Waals surface area contributed by atoms with Crippen molar-refractivity contribution in [1.29, 1.82) is 0 Å². The molecule has 4 N–H and O–H groups in total. The molecule has 0 aromatic carbocycles. The molecule has 2 unspecified atom stereocenters. The maximum atomic E-state index is 10.5. The molecule has 0 bridgehead atoms. The zero-order valence-corrected chi connectivity index (χ0v) is 15.3. The van der Waals surface area contributed by atoms with E-state index in [1.54, 1.807) is 6.08 Å². The summed E-state index contributed by atoms with van der Waals surface area (Å²) in [5, 5.41) is 39.0. The molecule has 1 saturated carbocycles. The van der Waals surface area contributed by atoms with E-state index in [0.29, 0.717) is 25.7 Å². The van der Waals surface area contributed by atoms with Crippen LogP contribution in [-0.2, 0) is 4.79 Å². The number of aliphatic hydroxyl groups excluding tert-OH is 3. The van der Waals surface area contributed by atoms with Gasteiger partial charge in [0.25, 0.3) is 0 Å². The first kappa shape index (κ1) is 21.9. The second-order valence-electron chi connectivity index (χ2n) is 7.05. The highest BCUT2D eigenvalue weighted by molar-refractivity contribution is 5.66. The lowest BCUT2D eigenvalue weighted by atomic mass is 9.89. The number of carboxylic acid groups (broad SMARTS) is 1. The lowest BCUT2D eigenvalue weighted by molar-refractivity contribution is -0.137. The van der Waals surface area contributed by atoms with Crippen molar-refractivity contribution in [3.8, 4) is 0 Å². The standard InChI is InChI=1S/C20H34O5/c1-2-3-6-9-15(21)12-13-17-16(18(22)14-19(17)23)10-7-4-5-8-11-20(24)25/h4,7,12-13,15-19,21-23H,2-3,5-6,8-11,14H2,1H3,(H,24,25)/b7-4-,13-12+/t15-,16?,17+,18?,19-/m0/s1. The summed E-state index contributed by atoms with van der Waals surface area (Å²) in [7, 11) is 0.